The highest BCUT2D eigenvalue weighted by molar-refractivity contribution is 5.35. The van der Waals surface area contributed by atoms with E-state index in [4.69, 9.17) is 10.5 Å². The van der Waals surface area contributed by atoms with Crippen LogP contribution in [0.15, 0.2) is 24.3 Å². The van der Waals surface area contributed by atoms with Crippen molar-refractivity contribution in [1.29, 1.82) is 0 Å². The fourth-order valence-corrected chi connectivity index (χ4v) is 1.59. The van der Waals surface area contributed by atoms with E-state index in [0.29, 0.717) is 12.0 Å². The first-order chi connectivity index (χ1) is 8.33. The van der Waals surface area contributed by atoms with Crippen LogP contribution in [0.25, 0.3) is 0 Å². The van der Waals surface area contributed by atoms with E-state index >= 15 is 0 Å². The number of methoxy groups -OCH3 is 1. The number of nitrogens with two attached hydrogens (primary N) is 1. The Morgan fingerprint density at radius 2 is 1.89 bits per heavy atom. The fraction of sp³-hybridized carbons (Fsp3) is 0.500. The summed E-state index contributed by atoms with van der Waals surface area (Å²) in [5.41, 5.74) is 6.18. The van der Waals surface area contributed by atoms with Crippen LogP contribution in [0.4, 0.5) is 13.2 Å². The van der Waals surface area contributed by atoms with Crippen molar-refractivity contribution in [2.45, 2.75) is 31.9 Å². The molecule has 0 amide bonds. The maximum atomic E-state index is 12.2. The molecular formula is C12H16F3NO2. The normalized spacial score (nSPS) is 15.2. The molecule has 0 bridgehead atoms. The quantitative estimate of drug-likeness (QED) is 0.888. The van der Waals surface area contributed by atoms with Gasteiger partial charge in [-0.3, -0.25) is 0 Å². The van der Waals surface area contributed by atoms with Crippen LogP contribution in [0.3, 0.4) is 0 Å². The fourth-order valence-electron chi connectivity index (χ4n) is 1.59. The van der Waals surface area contributed by atoms with E-state index in [9.17, 15) is 13.2 Å². The van der Waals surface area contributed by atoms with Gasteiger partial charge in [0.25, 0.3) is 0 Å². The van der Waals surface area contributed by atoms with Crippen LogP contribution in [0, 0.1) is 0 Å². The summed E-state index contributed by atoms with van der Waals surface area (Å²) in [4.78, 5) is 0. The number of ether oxygens (including phenoxy) is 2. The summed E-state index contributed by atoms with van der Waals surface area (Å²) in [6.45, 7) is 1.80. The molecule has 0 radical (unpaired) electrons. The molecule has 0 aliphatic rings. The van der Waals surface area contributed by atoms with E-state index in [-0.39, 0.29) is 11.9 Å². The second-order valence-electron chi connectivity index (χ2n) is 3.97. The van der Waals surface area contributed by atoms with Crippen molar-refractivity contribution in [2.24, 2.45) is 5.73 Å². The Balaban J connectivity index is 2.87. The molecule has 1 aromatic carbocycles. The van der Waals surface area contributed by atoms with Gasteiger partial charge in [0.05, 0.1) is 6.10 Å². The Bertz CT molecular complexity index is 382. The third-order valence-corrected chi connectivity index (χ3v) is 2.53. The Morgan fingerprint density at radius 3 is 2.44 bits per heavy atom. The zero-order valence-corrected chi connectivity index (χ0v) is 10.2. The van der Waals surface area contributed by atoms with Crippen LogP contribution >= 0.6 is 0 Å². The minimum absolute atomic E-state index is 0.140. The van der Waals surface area contributed by atoms with Crippen LogP contribution in [-0.4, -0.2) is 19.6 Å². The summed E-state index contributed by atoms with van der Waals surface area (Å²) in [6, 6.07) is 5.29. The molecular weight excluding hydrogens is 247 g/mol. The molecule has 3 nitrogen and oxygen atoms in total. The van der Waals surface area contributed by atoms with Gasteiger partial charge >= 0.3 is 6.36 Å². The average molecular weight is 263 g/mol. The maximum Gasteiger partial charge on any atom is 0.573 e. The lowest BCUT2D eigenvalue weighted by Gasteiger charge is -2.20. The molecule has 2 N–H and O–H groups in total. The van der Waals surface area contributed by atoms with E-state index in [1.165, 1.54) is 25.3 Å². The van der Waals surface area contributed by atoms with E-state index in [0.717, 1.165) is 0 Å². The molecule has 102 valence electrons. The molecule has 0 saturated carbocycles. The topological polar surface area (TPSA) is 44.5 Å². The van der Waals surface area contributed by atoms with E-state index in [1.807, 2.05) is 0 Å². The zero-order chi connectivity index (χ0) is 13.8. The predicted octanol–water partition coefficient (Wildman–Crippen LogP) is 3.01. The molecule has 0 aliphatic heterocycles. The van der Waals surface area contributed by atoms with Gasteiger partial charge in [-0.25, -0.2) is 0 Å². The highest BCUT2D eigenvalue weighted by atomic mass is 19.4. The van der Waals surface area contributed by atoms with Gasteiger partial charge in [-0.2, -0.15) is 0 Å². The summed E-state index contributed by atoms with van der Waals surface area (Å²) in [5.74, 6) is -0.263. The summed E-state index contributed by atoms with van der Waals surface area (Å²) in [6.07, 6.45) is -4.45. The van der Waals surface area contributed by atoms with Gasteiger partial charge in [0, 0.05) is 18.7 Å². The molecule has 0 aromatic heterocycles. The standard InChI is InChI=1S/C12H16F3NO2/c1-8(17-2)7-10(16)9-5-3-4-6-11(9)18-12(13,14)15/h3-6,8,10H,7,16H2,1-2H3. The molecule has 0 heterocycles. The largest absolute Gasteiger partial charge is 0.573 e. The van der Waals surface area contributed by atoms with Gasteiger partial charge in [0.1, 0.15) is 5.75 Å². The number of rotatable bonds is 5. The third-order valence-electron chi connectivity index (χ3n) is 2.53. The SMILES string of the molecule is COC(C)CC(N)c1ccccc1OC(F)(F)F. The van der Waals surface area contributed by atoms with Crippen LogP contribution < -0.4 is 10.5 Å². The van der Waals surface area contributed by atoms with Gasteiger partial charge in [0.2, 0.25) is 0 Å². The van der Waals surface area contributed by atoms with Crippen molar-refractivity contribution in [3.8, 4) is 5.75 Å². The third kappa shape index (κ3) is 4.54. The number of hydrogen-bond donors (Lipinski definition) is 1. The van der Waals surface area contributed by atoms with Crippen molar-refractivity contribution in [3.05, 3.63) is 29.8 Å². The summed E-state index contributed by atoms with van der Waals surface area (Å²) >= 11 is 0. The van der Waals surface area contributed by atoms with Gasteiger partial charge in [-0.1, -0.05) is 18.2 Å². The summed E-state index contributed by atoms with van der Waals surface area (Å²) < 4.78 is 45.7. The molecule has 0 aliphatic carbocycles. The van der Waals surface area contributed by atoms with Crippen LogP contribution in [-0.2, 0) is 4.74 Å². The van der Waals surface area contributed by atoms with Crippen molar-refractivity contribution in [3.63, 3.8) is 0 Å². The second kappa shape index (κ2) is 6.06. The monoisotopic (exact) mass is 263 g/mol. The predicted molar refractivity (Wildman–Crippen MR) is 61.1 cm³/mol. The molecule has 2 unspecified atom stereocenters. The number of hydrogen-bond acceptors (Lipinski definition) is 3. The molecule has 1 rings (SSSR count). The van der Waals surface area contributed by atoms with Crippen LogP contribution in [0.2, 0.25) is 0 Å². The second-order valence-corrected chi connectivity index (χ2v) is 3.97. The van der Waals surface area contributed by atoms with Gasteiger partial charge in [0.15, 0.2) is 0 Å². The van der Waals surface area contributed by atoms with E-state index in [1.54, 1.807) is 13.0 Å². The number of alkyl halides is 3. The molecule has 0 fully saturated rings. The number of benzene rings is 1. The highest BCUT2D eigenvalue weighted by Crippen LogP contribution is 2.31. The Labute approximate surface area is 104 Å². The summed E-state index contributed by atoms with van der Waals surface area (Å²) in [5, 5.41) is 0. The first-order valence-corrected chi connectivity index (χ1v) is 5.46. The first-order valence-electron chi connectivity index (χ1n) is 5.46. The van der Waals surface area contributed by atoms with Crippen LogP contribution in [0.5, 0.6) is 5.75 Å². The van der Waals surface area contributed by atoms with Gasteiger partial charge < -0.3 is 15.2 Å². The lowest BCUT2D eigenvalue weighted by Crippen LogP contribution is -2.22. The van der Waals surface area contributed by atoms with Crippen molar-refractivity contribution >= 4 is 0 Å². The van der Waals surface area contributed by atoms with Gasteiger partial charge in [-0.05, 0) is 19.4 Å². The number of para-hydroxylation sites is 1. The first kappa shape index (κ1) is 14.8. The maximum absolute atomic E-state index is 12.2. The minimum atomic E-state index is -4.72. The molecule has 0 spiro atoms. The van der Waals surface area contributed by atoms with Crippen molar-refractivity contribution in [2.75, 3.05) is 7.11 Å². The van der Waals surface area contributed by atoms with Crippen molar-refractivity contribution < 1.29 is 22.6 Å². The molecule has 6 heteroatoms. The average Bonchev–Trinajstić information content (AvgIpc) is 2.27. The lowest BCUT2D eigenvalue weighted by atomic mass is 10.0. The summed E-state index contributed by atoms with van der Waals surface area (Å²) in [7, 11) is 1.52. The van der Waals surface area contributed by atoms with Gasteiger partial charge in [-0.15, -0.1) is 13.2 Å². The molecule has 1 aromatic rings. The van der Waals surface area contributed by atoms with E-state index in [2.05, 4.69) is 4.74 Å². The highest BCUT2D eigenvalue weighted by Gasteiger charge is 2.32. The number of halogens is 3. The lowest BCUT2D eigenvalue weighted by molar-refractivity contribution is -0.275. The Morgan fingerprint density at radius 1 is 1.28 bits per heavy atom. The van der Waals surface area contributed by atoms with Crippen molar-refractivity contribution in [1.82, 2.24) is 0 Å². The smallest absolute Gasteiger partial charge is 0.405 e. The molecule has 2 atom stereocenters. The molecule has 0 saturated heterocycles. The molecule has 18 heavy (non-hydrogen) atoms. The Kier molecular flexibility index (Phi) is 4.98. The zero-order valence-electron chi connectivity index (χ0n) is 10.2. The minimum Gasteiger partial charge on any atom is -0.405 e. The van der Waals surface area contributed by atoms with Crippen LogP contribution in [0.1, 0.15) is 24.9 Å². The Hall–Kier alpha value is -1.27. The van der Waals surface area contributed by atoms with E-state index < -0.39 is 12.4 Å².